The molecule has 0 spiro atoms. The fourth-order valence-electron chi connectivity index (χ4n) is 2.98. The van der Waals surface area contributed by atoms with Crippen LogP contribution in [-0.2, 0) is 0 Å². The molecular weight excluding hydrogens is 318 g/mol. The number of nitrogens with zero attached hydrogens (tertiary/aromatic N) is 5. The van der Waals surface area contributed by atoms with Gasteiger partial charge in [0, 0.05) is 61.9 Å². The molecule has 1 fully saturated rings. The topological polar surface area (TPSA) is 90.0 Å². The van der Waals surface area contributed by atoms with E-state index in [0.29, 0.717) is 22.4 Å². The summed E-state index contributed by atoms with van der Waals surface area (Å²) >= 11 is 0. The van der Waals surface area contributed by atoms with Crippen molar-refractivity contribution in [2.45, 2.75) is 0 Å². The molecule has 1 aliphatic heterocycles. The van der Waals surface area contributed by atoms with Gasteiger partial charge in [0.25, 0.3) is 5.91 Å². The van der Waals surface area contributed by atoms with E-state index in [2.05, 4.69) is 42.1 Å². The molecule has 0 bridgehead atoms. The highest BCUT2D eigenvalue weighted by molar-refractivity contribution is 6.11. The molecule has 0 saturated carbocycles. The number of carbonyl (C=O) groups is 1. The van der Waals surface area contributed by atoms with E-state index in [-0.39, 0.29) is 5.91 Å². The van der Waals surface area contributed by atoms with Crippen LogP contribution in [0.5, 0.6) is 0 Å². The Balaban J connectivity index is 1.53. The summed E-state index contributed by atoms with van der Waals surface area (Å²) in [6.45, 7) is 3.99. The van der Waals surface area contributed by atoms with E-state index in [1.54, 1.807) is 18.6 Å². The largest absolute Gasteiger partial charge is 0.369 e. The van der Waals surface area contributed by atoms with Gasteiger partial charge in [0.1, 0.15) is 17.8 Å². The van der Waals surface area contributed by atoms with Gasteiger partial charge in [0.15, 0.2) is 0 Å². The Hall–Kier alpha value is -3.00. The average Bonchev–Trinajstić information content (AvgIpc) is 3.07. The minimum absolute atomic E-state index is 0.232. The van der Waals surface area contributed by atoms with E-state index < -0.39 is 0 Å². The zero-order valence-corrected chi connectivity index (χ0v) is 13.9. The molecule has 8 nitrogen and oxygen atoms in total. The molecule has 1 saturated heterocycles. The number of nitrogens with one attached hydrogen (secondary N) is 2. The molecule has 0 unspecified atom stereocenters. The van der Waals surface area contributed by atoms with Crippen LogP contribution in [0.15, 0.2) is 37.1 Å². The number of carbonyl (C=O) groups excluding carboxylic acids is 1. The summed E-state index contributed by atoms with van der Waals surface area (Å²) in [6, 6.07) is 3.88. The number of aromatic nitrogens is 4. The molecule has 1 aliphatic rings. The fourth-order valence-corrected chi connectivity index (χ4v) is 2.98. The quantitative estimate of drug-likeness (QED) is 0.750. The standard InChI is InChI=1S/C17H19N7O/c1-23-4-6-24(7-5-23)12-2-3-19-15(8-12)22-17(25)14-10-20-16-13(14)9-18-11-21-16/h2-3,8-11H,4-7H2,1H3,(H,18,20,21)(H,19,22,25). The summed E-state index contributed by atoms with van der Waals surface area (Å²) in [5.74, 6) is 0.303. The second kappa shape index (κ2) is 6.48. The first-order chi connectivity index (χ1) is 12.2. The number of piperazine rings is 1. The molecule has 4 rings (SSSR count). The average molecular weight is 337 g/mol. The lowest BCUT2D eigenvalue weighted by molar-refractivity contribution is 0.102. The third kappa shape index (κ3) is 3.16. The number of amides is 1. The van der Waals surface area contributed by atoms with Crippen molar-refractivity contribution in [3.05, 3.63) is 42.6 Å². The maximum atomic E-state index is 12.6. The van der Waals surface area contributed by atoms with Crippen LogP contribution in [0.2, 0.25) is 0 Å². The molecular formula is C17H19N7O. The van der Waals surface area contributed by atoms with Gasteiger partial charge >= 0.3 is 0 Å². The summed E-state index contributed by atoms with van der Waals surface area (Å²) in [5, 5.41) is 3.55. The van der Waals surface area contributed by atoms with Gasteiger partial charge in [-0.05, 0) is 13.1 Å². The maximum Gasteiger partial charge on any atom is 0.259 e. The molecule has 1 amide bonds. The van der Waals surface area contributed by atoms with E-state index in [4.69, 9.17) is 0 Å². The lowest BCUT2D eigenvalue weighted by Crippen LogP contribution is -2.44. The van der Waals surface area contributed by atoms with Crippen LogP contribution < -0.4 is 10.2 Å². The number of anilines is 2. The first-order valence-corrected chi connectivity index (χ1v) is 8.19. The minimum atomic E-state index is -0.232. The predicted octanol–water partition coefficient (Wildman–Crippen LogP) is 1.36. The molecule has 128 valence electrons. The van der Waals surface area contributed by atoms with Gasteiger partial charge in [-0.3, -0.25) is 4.79 Å². The molecule has 2 N–H and O–H groups in total. The molecule has 3 aromatic heterocycles. The van der Waals surface area contributed by atoms with Crippen molar-refractivity contribution in [2.24, 2.45) is 0 Å². The Bertz CT molecular complexity index is 899. The number of fused-ring (bicyclic) bond motifs is 1. The maximum absolute atomic E-state index is 12.6. The van der Waals surface area contributed by atoms with Crippen molar-refractivity contribution in [1.29, 1.82) is 0 Å². The summed E-state index contributed by atoms with van der Waals surface area (Å²) in [5.41, 5.74) is 2.21. The SMILES string of the molecule is CN1CCN(c2ccnc(NC(=O)c3c[nH]c4ncncc34)c2)CC1. The van der Waals surface area contributed by atoms with Gasteiger partial charge < -0.3 is 20.1 Å². The third-order valence-corrected chi connectivity index (χ3v) is 4.45. The Morgan fingerprint density at radius 1 is 1.24 bits per heavy atom. The van der Waals surface area contributed by atoms with Crippen molar-refractivity contribution in [2.75, 3.05) is 43.4 Å². The Labute approximate surface area is 144 Å². The highest BCUT2D eigenvalue weighted by Crippen LogP contribution is 2.20. The molecule has 4 heterocycles. The van der Waals surface area contributed by atoms with E-state index in [1.165, 1.54) is 6.33 Å². The fraction of sp³-hybridized carbons (Fsp3) is 0.294. The van der Waals surface area contributed by atoms with Crippen LogP contribution >= 0.6 is 0 Å². The third-order valence-electron chi connectivity index (χ3n) is 4.45. The lowest BCUT2D eigenvalue weighted by Gasteiger charge is -2.34. The van der Waals surface area contributed by atoms with Crippen LogP contribution in [0.4, 0.5) is 11.5 Å². The number of rotatable bonds is 3. The van der Waals surface area contributed by atoms with Gasteiger partial charge in [-0.15, -0.1) is 0 Å². The van der Waals surface area contributed by atoms with Gasteiger partial charge in [0.2, 0.25) is 0 Å². The normalized spacial score (nSPS) is 15.5. The molecule has 3 aromatic rings. The van der Waals surface area contributed by atoms with Crippen molar-refractivity contribution >= 4 is 28.4 Å². The van der Waals surface area contributed by atoms with Crippen LogP contribution in [0.3, 0.4) is 0 Å². The van der Waals surface area contributed by atoms with E-state index in [9.17, 15) is 4.79 Å². The number of hydrogen-bond acceptors (Lipinski definition) is 6. The predicted molar refractivity (Wildman–Crippen MR) is 95.8 cm³/mol. The number of hydrogen-bond donors (Lipinski definition) is 2. The van der Waals surface area contributed by atoms with Gasteiger partial charge in [0.05, 0.1) is 5.56 Å². The zero-order chi connectivity index (χ0) is 17.2. The van der Waals surface area contributed by atoms with E-state index >= 15 is 0 Å². The lowest BCUT2D eigenvalue weighted by atomic mass is 10.2. The van der Waals surface area contributed by atoms with Crippen molar-refractivity contribution < 1.29 is 4.79 Å². The molecule has 0 aromatic carbocycles. The Morgan fingerprint density at radius 3 is 2.92 bits per heavy atom. The van der Waals surface area contributed by atoms with Gasteiger partial charge in [-0.25, -0.2) is 15.0 Å². The Kier molecular flexibility index (Phi) is 4.02. The summed E-state index contributed by atoms with van der Waals surface area (Å²) in [7, 11) is 2.13. The number of aromatic amines is 1. The molecule has 0 radical (unpaired) electrons. The first-order valence-electron chi connectivity index (χ1n) is 8.19. The zero-order valence-electron chi connectivity index (χ0n) is 13.9. The summed E-state index contributed by atoms with van der Waals surface area (Å²) in [6.07, 6.45) is 6.43. The van der Waals surface area contributed by atoms with Gasteiger partial charge in [-0.2, -0.15) is 0 Å². The van der Waals surface area contributed by atoms with E-state index in [1.807, 2.05) is 12.1 Å². The molecule has 0 atom stereocenters. The summed E-state index contributed by atoms with van der Waals surface area (Å²) in [4.78, 5) is 32.5. The number of pyridine rings is 1. The van der Waals surface area contributed by atoms with Gasteiger partial charge in [-0.1, -0.05) is 0 Å². The van der Waals surface area contributed by atoms with Crippen molar-refractivity contribution in [3.8, 4) is 0 Å². The minimum Gasteiger partial charge on any atom is -0.369 e. The second-order valence-electron chi connectivity index (χ2n) is 6.13. The highest BCUT2D eigenvalue weighted by Gasteiger charge is 2.16. The van der Waals surface area contributed by atoms with Crippen LogP contribution in [0.25, 0.3) is 11.0 Å². The summed E-state index contributed by atoms with van der Waals surface area (Å²) < 4.78 is 0. The van der Waals surface area contributed by atoms with Crippen LogP contribution in [0, 0.1) is 0 Å². The second-order valence-corrected chi connectivity index (χ2v) is 6.13. The van der Waals surface area contributed by atoms with Crippen molar-refractivity contribution in [1.82, 2.24) is 24.8 Å². The highest BCUT2D eigenvalue weighted by atomic mass is 16.1. The smallest absolute Gasteiger partial charge is 0.259 e. The number of H-pyrrole nitrogens is 1. The van der Waals surface area contributed by atoms with Crippen LogP contribution in [-0.4, -0.2) is 64.0 Å². The molecule has 25 heavy (non-hydrogen) atoms. The van der Waals surface area contributed by atoms with Crippen molar-refractivity contribution in [3.63, 3.8) is 0 Å². The molecule has 0 aliphatic carbocycles. The van der Waals surface area contributed by atoms with Crippen LogP contribution in [0.1, 0.15) is 10.4 Å². The Morgan fingerprint density at radius 2 is 2.08 bits per heavy atom. The van der Waals surface area contributed by atoms with E-state index in [0.717, 1.165) is 31.9 Å². The monoisotopic (exact) mass is 337 g/mol. The first kappa shape index (κ1) is 15.5. The molecule has 8 heteroatoms. The number of likely N-dealkylation sites (N-methyl/N-ethyl adjacent to an activating group) is 1.